The molecule has 1 fully saturated rings. The van der Waals surface area contributed by atoms with Gasteiger partial charge >= 0.3 is 0 Å². The van der Waals surface area contributed by atoms with Crippen LogP contribution in [-0.2, 0) is 6.54 Å². The maximum absolute atomic E-state index is 5.19. The molecule has 0 bridgehead atoms. The Morgan fingerprint density at radius 3 is 3.12 bits per heavy atom. The second kappa shape index (κ2) is 4.54. The summed E-state index contributed by atoms with van der Waals surface area (Å²) in [4.78, 5) is 8.51. The summed E-state index contributed by atoms with van der Waals surface area (Å²) in [6.45, 7) is 0.651. The zero-order chi connectivity index (χ0) is 11.7. The van der Waals surface area contributed by atoms with E-state index in [4.69, 9.17) is 4.52 Å². The van der Waals surface area contributed by atoms with E-state index in [1.165, 1.54) is 12.8 Å². The Bertz CT molecular complexity index is 524. The van der Waals surface area contributed by atoms with E-state index in [9.17, 15) is 0 Å². The predicted molar refractivity (Wildman–Crippen MR) is 65.1 cm³/mol. The number of hydrogen-bond acceptors (Lipinski definition) is 5. The Balaban J connectivity index is 1.77. The average Bonchev–Trinajstić information content (AvgIpc) is 3.06. The number of nitrogens with one attached hydrogen (secondary N) is 1. The average molecular weight is 295 g/mol. The highest BCUT2D eigenvalue weighted by atomic mass is 79.9. The lowest BCUT2D eigenvalue weighted by molar-refractivity contribution is 0.418. The van der Waals surface area contributed by atoms with Gasteiger partial charge in [0.25, 0.3) is 5.89 Å². The molecule has 2 heterocycles. The monoisotopic (exact) mass is 294 g/mol. The quantitative estimate of drug-likeness (QED) is 0.936. The van der Waals surface area contributed by atoms with Crippen molar-refractivity contribution in [1.82, 2.24) is 20.4 Å². The number of hydrogen-bond donors (Lipinski definition) is 1. The van der Waals surface area contributed by atoms with E-state index < -0.39 is 0 Å². The van der Waals surface area contributed by atoms with Crippen LogP contribution < -0.4 is 5.32 Å². The smallest absolute Gasteiger partial charge is 0.277 e. The highest BCUT2D eigenvalue weighted by molar-refractivity contribution is 9.10. The van der Waals surface area contributed by atoms with Gasteiger partial charge in [-0.2, -0.15) is 4.98 Å². The number of aromatic nitrogens is 3. The third kappa shape index (κ3) is 2.53. The first kappa shape index (κ1) is 10.9. The largest absolute Gasteiger partial charge is 0.332 e. The molecule has 6 heteroatoms. The first-order chi connectivity index (χ1) is 8.33. The van der Waals surface area contributed by atoms with E-state index in [0.29, 0.717) is 30.0 Å². The third-order valence-corrected chi connectivity index (χ3v) is 3.20. The fraction of sp³-hybridized carbons (Fsp3) is 0.364. The first-order valence-electron chi connectivity index (χ1n) is 5.50. The Morgan fingerprint density at radius 1 is 1.47 bits per heavy atom. The molecule has 0 atom stereocenters. The van der Waals surface area contributed by atoms with Gasteiger partial charge in [0.15, 0.2) is 5.82 Å². The topological polar surface area (TPSA) is 63.8 Å². The van der Waals surface area contributed by atoms with Crippen molar-refractivity contribution < 1.29 is 4.52 Å². The summed E-state index contributed by atoms with van der Waals surface area (Å²) < 4.78 is 6.04. The minimum absolute atomic E-state index is 0.449. The molecule has 0 radical (unpaired) electrons. The molecule has 1 N–H and O–H groups in total. The van der Waals surface area contributed by atoms with Gasteiger partial charge in [-0.3, -0.25) is 0 Å². The summed E-state index contributed by atoms with van der Waals surface area (Å²) in [6.07, 6.45) is 4.19. The molecule has 0 spiro atoms. The van der Waals surface area contributed by atoms with Crippen LogP contribution in [0.25, 0.3) is 11.6 Å². The normalized spacial score (nSPS) is 15.1. The van der Waals surface area contributed by atoms with Crippen molar-refractivity contribution in [3.8, 4) is 11.6 Å². The minimum atomic E-state index is 0.449. The van der Waals surface area contributed by atoms with Crippen molar-refractivity contribution in [2.45, 2.75) is 25.4 Å². The van der Waals surface area contributed by atoms with E-state index >= 15 is 0 Å². The second-order valence-corrected chi connectivity index (χ2v) is 4.86. The molecule has 3 rings (SSSR count). The summed E-state index contributed by atoms with van der Waals surface area (Å²) >= 11 is 3.41. The molecule has 88 valence electrons. The molecule has 0 aliphatic heterocycles. The fourth-order valence-electron chi connectivity index (χ4n) is 1.49. The van der Waals surface area contributed by atoms with Gasteiger partial charge in [-0.25, -0.2) is 4.98 Å². The van der Waals surface area contributed by atoms with Gasteiger partial charge in [-0.05, 0) is 40.9 Å². The number of pyridine rings is 1. The molecular weight excluding hydrogens is 284 g/mol. The van der Waals surface area contributed by atoms with Gasteiger partial charge in [-0.15, -0.1) is 0 Å². The van der Waals surface area contributed by atoms with Crippen LogP contribution in [0.1, 0.15) is 18.7 Å². The van der Waals surface area contributed by atoms with Gasteiger partial charge in [0, 0.05) is 16.7 Å². The van der Waals surface area contributed by atoms with Crippen molar-refractivity contribution >= 4 is 15.9 Å². The van der Waals surface area contributed by atoms with E-state index in [-0.39, 0.29) is 0 Å². The van der Waals surface area contributed by atoms with Crippen molar-refractivity contribution in [3.05, 3.63) is 28.6 Å². The minimum Gasteiger partial charge on any atom is -0.332 e. The zero-order valence-corrected chi connectivity index (χ0v) is 10.6. The fourth-order valence-corrected chi connectivity index (χ4v) is 1.91. The van der Waals surface area contributed by atoms with Crippen LogP contribution >= 0.6 is 15.9 Å². The van der Waals surface area contributed by atoms with E-state index in [1.54, 1.807) is 6.20 Å². The second-order valence-electron chi connectivity index (χ2n) is 4.00. The molecule has 0 aromatic carbocycles. The van der Waals surface area contributed by atoms with Crippen LogP contribution in [0.3, 0.4) is 0 Å². The maximum Gasteiger partial charge on any atom is 0.277 e. The maximum atomic E-state index is 5.19. The van der Waals surface area contributed by atoms with E-state index in [2.05, 4.69) is 36.4 Å². The molecular formula is C11H11BrN4O. The van der Waals surface area contributed by atoms with Crippen LogP contribution in [0.2, 0.25) is 0 Å². The summed E-state index contributed by atoms with van der Waals surface area (Å²) in [5.41, 5.74) is 0.678. The Kier molecular flexibility index (Phi) is 2.90. The van der Waals surface area contributed by atoms with E-state index in [1.807, 2.05) is 12.1 Å². The summed E-state index contributed by atoms with van der Waals surface area (Å²) in [5, 5.41) is 7.26. The van der Waals surface area contributed by atoms with Gasteiger partial charge in [0.1, 0.15) is 5.69 Å². The molecule has 1 aliphatic carbocycles. The van der Waals surface area contributed by atoms with Gasteiger partial charge in [-0.1, -0.05) is 5.16 Å². The molecule has 0 unspecified atom stereocenters. The summed E-state index contributed by atoms with van der Waals surface area (Å²) in [5.74, 6) is 1.12. The number of halogens is 1. The lowest BCUT2D eigenvalue weighted by Crippen LogP contribution is -2.16. The van der Waals surface area contributed by atoms with Crippen LogP contribution in [-0.4, -0.2) is 21.2 Å². The SMILES string of the molecule is Brc1cccnc1-c1nc(CNC2CC2)no1. The highest BCUT2D eigenvalue weighted by Gasteiger charge is 2.21. The Labute approximate surface area is 107 Å². The molecule has 2 aromatic rings. The van der Waals surface area contributed by atoms with Crippen LogP contribution in [0.5, 0.6) is 0 Å². The summed E-state index contributed by atoms with van der Waals surface area (Å²) in [7, 11) is 0. The molecule has 0 saturated heterocycles. The van der Waals surface area contributed by atoms with Crippen molar-refractivity contribution in [1.29, 1.82) is 0 Å². The van der Waals surface area contributed by atoms with Crippen LogP contribution in [0.15, 0.2) is 27.3 Å². The van der Waals surface area contributed by atoms with E-state index in [0.717, 1.165) is 4.47 Å². The predicted octanol–water partition coefficient (Wildman–Crippen LogP) is 2.15. The van der Waals surface area contributed by atoms with Crippen LogP contribution in [0.4, 0.5) is 0 Å². The van der Waals surface area contributed by atoms with Gasteiger partial charge in [0.2, 0.25) is 0 Å². The molecule has 1 saturated carbocycles. The Morgan fingerprint density at radius 2 is 2.35 bits per heavy atom. The molecule has 17 heavy (non-hydrogen) atoms. The van der Waals surface area contributed by atoms with Crippen LogP contribution in [0, 0.1) is 0 Å². The molecule has 1 aliphatic rings. The van der Waals surface area contributed by atoms with Gasteiger partial charge in [0.05, 0.1) is 6.54 Å². The van der Waals surface area contributed by atoms with Crippen molar-refractivity contribution in [3.63, 3.8) is 0 Å². The standard InChI is InChI=1S/C11H11BrN4O/c12-8-2-1-5-13-10(8)11-15-9(16-17-11)6-14-7-3-4-7/h1-2,5,7,14H,3-4,6H2. The zero-order valence-electron chi connectivity index (χ0n) is 9.06. The van der Waals surface area contributed by atoms with Crippen molar-refractivity contribution in [2.75, 3.05) is 0 Å². The molecule has 5 nitrogen and oxygen atoms in total. The number of nitrogens with zero attached hydrogens (tertiary/aromatic N) is 3. The number of rotatable bonds is 4. The lowest BCUT2D eigenvalue weighted by Gasteiger charge is -1.96. The third-order valence-electron chi connectivity index (χ3n) is 2.56. The highest BCUT2D eigenvalue weighted by Crippen LogP contribution is 2.24. The summed E-state index contributed by atoms with van der Waals surface area (Å²) in [6, 6.07) is 4.38. The first-order valence-corrected chi connectivity index (χ1v) is 6.29. The van der Waals surface area contributed by atoms with Crippen molar-refractivity contribution in [2.24, 2.45) is 0 Å². The molecule has 2 aromatic heterocycles. The van der Waals surface area contributed by atoms with Gasteiger partial charge < -0.3 is 9.84 Å². The molecule has 0 amide bonds. The lowest BCUT2D eigenvalue weighted by atomic mass is 10.3. The Hall–Kier alpha value is -1.27.